The van der Waals surface area contributed by atoms with Crippen LogP contribution >= 0.6 is 0 Å². The molecular formula is C29H31N7O2S. The maximum atomic E-state index is 13.4. The molecule has 4 fully saturated rings. The number of carbonyl (C=O) groups is 1. The molecule has 39 heavy (non-hydrogen) atoms. The number of nitrogens with zero attached hydrogens (tertiary/aromatic N) is 5. The number of benzene rings is 2. The summed E-state index contributed by atoms with van der Waals surface area (Å²) in [6.45, 7) is 0.484. The summed E-state index contributed by atoms with van der Waals surface area (Å²) in [5.74, 6) is 2.85. The molecule has 4 saturated carbocycles. The Kier molecular flexibility index (Phi) is 6.04. The molecule has 4 aliphatic carbocycles. The van der Waals surface area contributed by atoms with Gasteiger partial charge in [0.15, 0.2) is 16.1 Å². The second-order valence-corrected chi connectivity index (χ2v) is 12.9. The van der Waals surface area contributed by atoms with Crippen molar-refractivity contribution >= 4 is 39.9 Å². The van der Waals surface area contributed by atoms with E-state index in [-0.39, 0.29) is 11.3 Å². The molecule has 1 amide bonds. The highest BCUT2D eigenvalue weighted by Gasteiger charge is 2.54. The van der Waals surface area contributed by atoms with Crippen LogP contribution in [0.2, 0.25) is 0 Å². The molecule has 8 rings (SSSR count). The highest BCUT2D eigenvalue weighted by atomic mass is 32.2. The fraction of sp³-hybridized carbons (Fsp3) is 0.414. The van der Waals surface area contributed by atoms with Crippen LogP contribution in [-0.4, -0.2) is 41.7 Å². The first kappa shape index (κ1) is 24.5. The molecule has 0 radical (unpaired) electrons. The number of hydrogen-bond acceptors (Lipinski definition) is 7. The van der Waals surface area contributed by atoms with E-state index >= 15 is 0 Å². The van der Waals surface area contributed by atoms with E-state index in [0.717, 1.165) is 58.8 Å². The normalized spacial score (nSPS) is 26.1. The van der Waals surface area contributed by atoms with Gasteiger partial charge in [0.25, 0.3) is 0 Å². The molecular weight excluding hydrogens is 510 g/mol. The quantitative estimate of drug-likeness (QED) is 0.330. The summed E-state index contributed by atoms with van der Waals surface area (Å²) in [5.41, 5.74) is 3.55. The van der Waals surface area contributed by atoms with Gasteiger partial charge in [0.2, 0.25) is 11.9 Å². The largest absolute Gasteiger partial charge is 0.612 e. The average molecular weight is 542 g/mol. The van der Waals surface area contributed by atoms with Gasteiger partial charge >= 0.3 is 0 Å². The zero-order chi connectivity index (χ0) is 26.6. The van der Waals surface area contributed by atoms with Crippen LogP contribution in [0.3, 0.4) is 0 Å². The smallest absolute Gasteiger partial charge is 0.229 e. The Morgan fingerprint density at radius 3 is 2.56 bits per heavy atom. The van der Waals surface area contributed by atoms with Gasteiger partial charge in [-0.2, -0.15) is 9.67 Å². The fourth-order valence-corrected chi connectivity index (χ4v) is 7.96. The van der Waals surface area contributed by atoms with Crippen molar-refractivity contribution in [3.63, 3.8) is 0 Å². The summed E-state index contributed by atoms with van der Waals surface area (Å²) in [7, 11) is 0. The molecule has 200 valence electrons. The standard InChI is InChI=1S/C29H31N7O2S/c1-39(38)24-7-3-5-22(12-24)32-28-31-17-25-26(33-28)36(35-34-25)23-6-2-4-18(11-23)16-30-27(37)29-13-19-8-20(14-29)10-21(9-19)15-29/h2-7,11-12,17,19-21H,8-10,13-16H2,1H3,(H,30,37)(H,31,32,33). The van der Waals surface area contributed by atoms with Crippen molar-refractivity contribution in [2.45, 2.75) is 50.0 Å². The number of hydrogen-bond donors (Lipinski definition) is 2. The van der Waals surface area contributed by atoms with Gasteiger partial charge in [0.1, 0.15) is 6.26 Å². The predicted molar refractivity (Wildman–Crippen MR) is 149 cm³/mol. The lowest BCUT2D eigenvalue weighted by Crippen LogP contribution is -2.53. The van der Waals surface area contributed by atoms with Gasteiger partial charge < -0.3 is 15.2 Å². The van der Waals surface area contributed by atoms with Crippen molar-refractivity contribution in [2.24, 2.45) is 23.2 Å². The first-order valence-electron chi connectivity index (χ1n) is 13.6. The van der Waals surface area contributed by atoms with Crippen LogP contribution < -0.4 is 10.6 Å². The van der Waals surface area contributed by atoms with E-state index in [4.69, 9.17) is 0 Å². The molecule has 1 unspecified atom stereocenters. The molecule has 9 nitrogen and oxygen atoms in total. The summed E-state index contributed by atoms with van der Waals surface area (Å²) in [6.07, 6.45) is 10.4. The first-order valence-corrected chi connectivity index (χ1v) is 15.2. The van der Waals surface area contributed by atoms with Gasteiger partial charge in [-0.25, -0.2) is 4.98 Å². The van der Waals surface area contributed by atoms with Gasteiger partial charge in [0, 0.05) is 23.7 Å². The van der Waals surface area contributed by atoms with Crippen molar-refractivity contribution in [3.05, 3.63) is 60.3 Å². The lowest BCUT2D eigenvalue weighted by Gasteiger charge is -2.55. The molecule has 2 heterocycles. The highest BCUT2D eigenvalue weighted by Crippen LogP contribution is 2.60. The van der Waals surface area contributed by atoms with Crippen LogP contribution in [0.4, 0.5) is 11.6 Å². The minimum atomic E-state index is -1.08. The molecule has 0 saturated heterocycles. The Morgan fingerprint density at radius 1 is 1.08 bits per heavy atom. The predicted octanol–water partition coefficient (Wildman–Crippen LogP) is 4.52. The summed E-state index contributed by atoms with van der Waals surface area (Å²) in [5, 5.41) is 15.0. The first-order chi connectivity index (χ1) is 18.9. The Labute approximate surface area is 230 Å². The molecule has 4 aromatic rings. The van der Waals surface area contributed by atoms with E-state index in [1.165, 1.54) is 19.3 Å². The van der Waals surface area contributed by atoms with E-state index in [1.54, 1.807) is 17.1 Å². The molecule has 4 bridgehead atoms. The van der Waals surface area contributed by atoms with Crippen molar-refractivity contribution in [1.82, 2.24) is 30.3 Å². The van der Waals surface area contributed by atoms with E-state index in [1.807, 2.05) is 48.5 Å². The second kappa shape index (κ2) is 9.60. The third kappa shape index (κ3) is 4.65. The molecule has 0 spiro atoms. The van der Waals surface area contributed by atoms with E-state index in [9.17, 15) is 9.35 Å². The van der Waals surface area contributed by atoms with Gasteiger partial charge in [-0.3, -0.25) is 4.79 Å². The topological polar surface area (TPSA) is 121 Å². The molecule has 4 aliphatic rings. The van der Waals surface area contributed by atoms with Crippen LogP contribution in [-0.2, 0) is 22.5 Å². The van der Waals surface area contributed by atoms with Crippen LogP contribution in [0.15, 0.2) is 59.6 Å². The minimum Gasteiger partial charge on any atom is -0.612 e. The third-order valence-electron chi connectivity index (χ3n) is 8.74. The zero-order valence-electron chi connectivity index (χ0n) is 21.8. The maximum absolute atomic E-state index is 13.4. The lowest BCUT2D eigenvalue weighted by atomic mass is 9.49. The van der Waals surface area contributed by atoms with Gasteiger partial charge in [-0.1, -0.05) is 23.4 Å². The second-order valence-electron chi connectivity index (χ2n) is 11.6. The van der Waals surface area contributed by atoms with E-state index < -0.39 is 11.2 Å². The third-order valence-corrected chi connectivity index (χ3v) is 9.66. The average Bonchev–Trinajstić information content (AvgIpc) is 3.35. The number of aromatic nitrogens is 5. The number of rotatable bonds is 7. The summed E-state index contributed by atoms with van der Waals surface area (Å²) in [4.78, 5) is 23.2. The number of carbonyl (C=O) groups excluding carboxylic acids is 1. The van der Waals surface area contributed by atoms with E-state index in [0.29, 0.717) is 23.7 Å². The SMILES string of the molecule is C[S+]([O-])c1cccc(Nc2ncc3nnn(-c4cccc(CNC(=O)C56CC7CC(CC(C7)C5)C6)c4)c3n2)c1. The van der Waals surface area contributed by atoms with Crippen molar-refractivity contribution < 1.29 is 9.35 Å². The number of amides is 1. The Balaban J connectivity index is 1.09. The molecule has 2 aromatic carbocycles. The number of anilines is 2. The lowest BCUT2D eigenvalue weighted by molar-refractivity contribution is -0.146. The van der Waals surface area contributed by atoms with Crippen LogP contribution in [0.25, 0.3) is 16.9 Å². The summed E-state index contributed by atoms with van der Waals surface area (Å²) in [6, 6.07) is 15.3. The Hall–Kier alpha value is -3.50. The molecule has 2 aromatic heterocycles. The van der Waals surface area contributed by atoms with Crippen LogP contribution in [0.1, 0.15) is 44.1 Å². The maximum Gasteiger partial charge on any atom is 0.229 e. The number of fused-ring (bicyclic) bond motifs is 1. The van der Waals surface area contributed by atoms with Crippen molar-refractivity contribution in [1.29, 1.82) is 0 Å². The molecule has 0 aliphatic heterocycles. The van der Waals surface area contributed by atoms with Crippen LogP contribution in [0.5, 0.6) is 0 Å². The summed E-state index contributed by atoms with van der Waals surface area (Å²) >= 11 is -1.08. The van der Waals surface area contributed by atoms with Gasteiger partial charge in [-0.15, -0.1) is 5.10 Å². The molecule has 2 N–H and O–H groups in total. The minimum absolute atomic E-state index is 0.152. The Bertz CT molecular complexity index is 1520. The summed E-state index contributed by atoms with van der Waals surface area (Å²) < 4.78 is 13.5. The van der Waals surface area contributed by atoms with Crippen LogP contribution in [0, 0.1) is 23.2 Å². The van der Waals surface area contributed by atoms with Crippen molar-refractivity contribution in [3.8, 4) is 5.69 Å². The van der Waals surface area contributed by atoms with Gasteiger partial charge in [0.05, 0.1) is 11.9 Å². The monoisotopic (exact) mass is 541 g/mol. The van der Waals surface area contributed by atoms with Gasteiger partial charge in [-0.05, 0) is 97.3 Å². The Morgan fingerprint density at radius 2 is 1.82 bits per heavy atom. The highest BCUT2D eigenvalue weighted by molar-refractivity contribution is 7.90. The number of nitrogens with one attached hydrogen (secondary N) is 2. The molecule has 1 atom stereocenters. The zero-order valence-corrected chi connectivity index (χ0v) is 22.7. The fourth-order valence-electron chi connectivity index (χ4n) is 7.40. The van der Waals surface area contributed by atoms with Crippen molar-refractivity contribution in [2.75, 3.05) is 11.6 Å². The van der Waals surface area contributed by atoms with E-state index in [2.05, 4.69) is 30.9 Å². The molecule has 10 heteroatoms.